The third-order valence-electron chi connectivity index (χ3n) is 2.58. The molecule has 1 aromatic carbocycles. The van der Waals surface area contributed by atoms with Gasteiger partial charge in [0.05, 0.1) is 13.7 Å². The molecule has 0 spiro atoms. The molecular formula is C14H23NO3. The highest BCUT2D eigenvalue weighted by Gasteiger charge is 2.05. The van der Waals surface area contributed by atoms with Crippen LogP contribution in [-0.2, 0) is 11.3 Å². The Bertz CT molecular complexity index is 342. The first-order valence-electron chi connectivity index (χ1n) is 6.31. The first-order chi connectivity index (χ1) is 8.81. The highest BCUT2D eigenvalue weighted by atomic mass is 16.5. The Morgan fingerprint density at radius 2 is 2.00 bits per heavy atom. The maximum Gasteiger partial charge on any atom is 0.124 e. The summed E-state index contributed by atoms with van der Waals surface area (Å²) in [6.45, 7) is 5.19. The summed E-state index contributed by atoms with van der Waals surface area (Å²) in [4.78, 5) is 0. The van der Waals surface area contributed by atoms with Crippen LogP contribution in [-0.4, -0.2) is 34.0 Å². The number of methoxy groups -OCH3 is 2. The van der Waals surface area contributed by atoms with Gasteiger partial charge in [-0.2, -0.15) is 0 Å². The molecule has 0 unspecified atom stereocenters. The summed E-state index contributed by atoms with van der Waals surface area (Å²) in [5, 5.41) is 3.30. The van der Waals surface area contributed by atoms with Gasteiger partial charge in [0.1, 0.15) is 11.5 Å². The molecule has 0 heterocycles. The highest BCUT2D eigenvalue weighted by Crippen LogP contribution is 2.24. The lowest BCUT2D eigenvalue weighted by Gasteiger charge is -2.13. The molecule has 0 amide bonds. The van der Waals surface area contributed by atoms with E-state index in [1.165, 1.54) is 0 Å². The van der Waals surface area contributed by atoms with E-state index in [-0.39, 0.29) is 0 Å². The van der Waals surface area contributed by atoms with Crippen LogP contribution >= 0.6 is 0 Å². The van der Waals surface area contributed by atoms with Crippen LogP contribution in [0.3, 0.4) is 0 Å². The molecule has 0 fully saturated rings. The highest BCUT2D eigenvalue weighted by molar-refractivity contribution is 5.40. The minimum Gasteiger partial charge on any atom is -0.497 e. The predicted molar refractivity (Wildman–Crippen MR) is 72.4 cm³/mol. The van der Waals surface area contributed by atoms with Gasteiger partial charge in [0.25, 0.3) is 0 Å². The first-order valence-corrected chi connectivity index (χ1v) is 6.31. The fourth-order valence-corrected chi connectivity index (χ4v) is 1.61. The van der Waals surface area contributed by atoms with Gasteiger partial charge in [0.2, 0.25) is 0 Å². The van der Waals surface area contributed by atoms with Crippen LogP contribution in [0.1, 0.15) is 18.9 Å². The SMILES string of the molecule is CCNCc1cc(OC)ccc1OCCCOC. The normalized spacial score (nSPS) is 10.4. The maximum atomic E-state index is 5.76. The summed E-state index contributed by atoms with van der Waals surface area (Å²) in [6.07, 6.45) is 0.892. The van der Waals surface area contributed by atoms with Crippen LogP contribution in [0, 0.1) is 0 Å². The van der Waals surface area contributed by atoms with Gasteiger partial charge in [-0.25, -0.2) is 0 Å². The topological polar surface area (TPSA) is 39.7 Å². The van der Waals surface area contributed by atoms with Crippen LogP contribution < -0.4 is 14.8 Å². The number of hydrogen-bond acceptors (Lipinski definition) is 4. The smallest absolute Gasteiger partial charge is 0.124 e. The second-order valence-corrected chi connectivity index (χ2v) is 3.95. The third kappa shape index (κ3) is 4.94. The Balaban J connectivity index is 2.62. The molecule has 0 bridgehead atoms. The third-order valence-corrected chi connectivity index (χ3v) is 2.58. The minimum absolute atomic E-state index is 0.666. The summed E-state index contributed by atoms with van der Waals surface area (Å²) in [5.74, 6) is 1.76. The van der Waals surface area contributed by atoms with E-state index in [0.29, 0.717) is 6.61 Å². The van der Waals surface area contributed by atoms with Gasteiger partial charge >= 0.3 is 0 Å². The molecule has 0 aliphatic rings. The number of hydrogen-bond donors (Lipinski definition) is 1. The molecule has 0 aromatic heterocycles. The van der Waals surface area contributed by atoms with Crippen LogP contribution in [0.2, 0.25) is 0 Å². The molecule has 0 saturated heterocycles. The molecule has 0 aliphatic heterocycles. The van der Waals surface area contributed by atoms with E-state index in [4.69, 9.17) is 14.2 Å². The van der Waals surface area contributed by atoms with Crippen LogP contribution in [0.15, 0.2) is 18.2 Å². The Kier molecular flexibility index (Phi) is 7.22. The van der Waals surface area contributed by atoms with Gasteiger partial charge in [-0.3, -0.25) is 0 Å². The zero-order valence-electron chi connectivity index (χ0n) is 11.5. The Morgan fingerprint density at radius 1 is 1.17 bits per heavy atom. The monoisotopic (exact) mass is 253 g/mol. The van der Waals surface area contributed by atoms with Crippen molar-refractivity contribution in [3.63, 3.8) is 0 Å². The van der Waals surface area contributed by atoms with Crippen molar-refractivity contribution in [1.29, 1.82) is 0 Å². The average molecular weight is 253 g/mol. The molecule has 0 atom stereocenters. The molecule has 0 saturated carbocycles. The Hall–Kier alpha value is -1.26. The van der Waals surface area contributed by atoms with Crippen molar-refractivity contribution in [3.8, 4) is 11.5 Å². The largest absolute Gasteiger partial charge is 0.497 e. The van der Waals surface area contributed by atoms with E-state index in [0.717, 1.165) is 43.2 Å². The quantitative estimate of drug-likeness (QED) is 0.685. The summed E-state index contributed by atoms with van der Waals surface area (Å²) in [6, 6.07) is 5.88. The molecular weight excluding hydrogens is 230 g/mol. The van der Waals surface area contributed by atoms with E-state index in [1.807, 2.05) is 18.2 Å². The lowest BCUT2D eigenvalue weighted by atomic mass is 10.2. The van der Waals surface area contributed by atoms with Gasteiger partial charge in [-0.15, -0.1) is 0 Å². The number of nitrogens with one attached hydrogen (secondary N) is 1. The van der Waals surface area contributed by atoms with E-state index in [1.54, 1.807) is 14.2 Å². The van der Waals surface area contributed by atoms with Crippen LogP contribution in [0.4, 0.5) is 0 Å². The fraction of sp³-hybridized carbons (Fsp3) is 0.571. The molecule has 0 aliphatic carbocycles. The van der Waals surface area contributed by atoms with E-state index in [2.05, 4.69) is 12.2 Å². The van der Waals surface area contributed by atoms with Gasteiger partial charge < -0.3 is 19.5 Å². The van der Waals surface area contributed by atoms with Gasteiger partial charge in [0, 0.05) is 32.2 Å². The van der Waals surface area contributed by atoms with Crippen molar-refractivity contribution < 1.29 is 14.2 Å². The maximum absolute atomic E-state index is 5.76. The van der Waals surface area contributed by atoms with Crippen LogP contribution in [0.25, 0.3) is 0 Å². The standard InChI is InChI=1S/C14H23NO3/c1-4-15-11-12-10-13(17-3)6-7-14(12)18-9-5-8-16-2/h6-7,10,15H,4-5,8-9,11H2,1-3H3. The molecule has 1 N–H and O–H groups in total. The zero-order valence-corrected chi connectivity index (χ0v) is 11.5. The zero-order chi connectivity index (χ0) is 13.2. The fourth-order valence-electron chi connectivity index (χ4n) is 1.61. The molecule has 4 heteroatoms. The second-order valence-electron chi connectivity index (χ2n) is 3.95. The molecule has 18 heavy (non-hydrogen) atoms. The summed E-state index contributed by atoms with van der Waals surface area (Å²) < 4.78 is 16.0. The van der Waals surface area contributed by atoms with Crippen molar-refractivity contribution in [1.82, 2.24) is 5.32 Å². The lowest BCUT2D eigenvalue weighted by molar-refractivity contribution is 0.171. The number of rotatable bonds is 9. The van der Waals surface area contributed by atoms with E-state index < -0.39 is 0 Å². The summed E-state index contributed by atoms with van der Waals surface area (Å²) >= 11 is 0. The van der Waals surface area contributed by atoms with E-state index >= 15 is 0 Å². The molecule has 4 nitrogen and oxygen atoms in total. The lowest BCUT2D eigenvalue weighted by Crippen LogP contribution is -2.13. The van der Waals surface area contributed by atoms with Crippen molar-refractivity contribution in [2.24, 2.45) is 0 Å². The number of benzene rings is 1. The molecule has 102 valence electrons. The van der Waals surface area contributed by atoms with Crippen molar-refractivity contribution in [2.45, 2.75) is 19.9 Å². The van der Waals surface area contributed by atoms with Crippen molar-refractivity contribution >= 4 is 0 Å². The Labute approximate surface area is 109 Å². The van der Waals surface area contributed by atoms with Crippen molar-refractivity contribution in [3.05, 3.63) is 23.8 Å². The average Bonchev–Trinajstić information content (AvgIpc) is 2.42. The van der Waals surface area contributed by atoms with Gasteiger partial charge in [-0.05, 0) is 24.7 Å². The summed E-state index contributed by atoms with van der Waals surface area (Å²) in [7, 11) is 3.37. The van der Waals surface area contributed by atoms with E-state index in [9.17, 15) is 0 Å². The van der Waals surface area contributed by atoms with Crippen LogP contribution in [0.5, 0.6) is 11.5 Å². The second kappa shape index (κ2) is 8.78. The molecule has 1 aromatic rings. The van der Waals surface area contributed by atoms with Crippen molar-refractivity contribution in [2.75, 3.05) is 34.0 Å². The molecule has 1 rings (SSSR count). The summed E-state index contributed by atoms with van der Waals surface area (Å²) in [5.41, 5.74) is 1.12. The molecule has 0 radical (unpaired) electrons. The minimum atomic E-state index is 0.666. The van der Waals surface area contributed by atoms with Gasteiger partial charge in [-0.1, -0.05) is 6.92 Å². The Morgan fingerprint density at radius 3 is 2.67 bits per heavy atom. The predicted octanol–water partition coefficient (Wildman–Crippen LogP) is 2.22. The van der Waals surface area contributed by atoms with Gasteiger partial charge in [0.15, 0.2) is 0 Å². The number of ether oxygens (including phenoxy) is 3. The first kappa shape index (κ1) is 14.8.